The maximum absolute atomic E-state index is 5.99. The molecule has 1 aliphatic carbocycles. The van der Waals surface area contributed by atoms with Crippen molar-refractivity contribution in [1.29, 1.82) is 0 Å². The Morgan fingerprint density at radius 3 is 2.70 bits per heavy atom. The molecule has 2 aromatic rings. The van der Waals surface area contributed by atoms with Crippen LogP contribution < -0.4 is 5.32 Å². The number of imidazole rings is 1. The molecule has 1 saturated carbocycles. The van der Waals surface area contributed by atoms with Crippen LogP contribution in [-0.2, 0) is 6.54 Å². The normalized spacial score (nSPS) is 27.1. The van der Waals surface area contributed by atoms with Crippen molar-refractivity contribution in [3.05, 3.63) is 35.2 Å². The SMILES string of the molecule is CC1CC(C)CC(NCc2cn3cc(Cl)ccc3n2)C1. The smallest absolute Gasteiger partial charge is 0.137 e. The van der Waals surface area contributed by atoms with Gasteiger partial charge in [0, 0.05) is 25.0 Å². The molecule has 0 saturated heterocycles. The Balaban J connectivity index is 1.64. The van der Waals surface area contributed by atoms with E-state index in [4.69, 9.17) is 11.6 Å². The van der Waals surface area contributed by atoms with E-state index < -0.39 is 0 Å². The van der Waals surface area contributed by atoms with Gasteiger partial charge in [0.1, 0.15) is 5.65 Å². The lowest BCUT2D eigenvalue weighted by Crippen LogP contribution is -2.35. The Morgan fingerprint density at radius 1 is 1.20 bits per heavy atom. The van der Waals surface area contributed by atoms with Crippen LogP contribution in [0, 0.1) is 11.8 Å². The molecule has 20 heavy (non-hydrogen) atoms. The summed E-state index contributed by atoms with van der Waals surface area (Å²) in [6.07, 6.45) is 7.89. The number of aromatic nitrogens is 2. The van der Waals surface area contributed by atoms with Gasteiger partial charge in [0.15, 0.2) is 0 Å². The van der Waals surface area contributed by atoms with Crippen LogP contribution in [0.15, 0.2) is 24.5 Å². The first-order chi connectivity index (χ1) is 9.60. The molecule has 2 atom stereocenters. The van der Waals surface area contributed by atoms with E-state index in [0.717, 1.165) is 34.7 Å². The van der Waals surface area contributed by atoms with Crippen molar-refractivity contribution in [1.82, 2.24) is 14.7 Å². The van der Waals surface area contributed by atoms with E-state index in [1.165, 1.54) is 19.3 Å². The molecule has 0 aromatic carbocycles. The Morgan fingerprint density at radius 2 is 1.95 bits per heavy atom. The lowest BCUT2D eigenvalue weighted by atomic mass is 9.80. The monoisotopic (exact) mass is 291 g/mol. The highest BCUT2D eigenvalue weighted by atomic mass is 35.5. The molecule has 2 aromatic heterocycles. The van der Waals surface area contributed by atoms with Crippen LogP contribution in [0.4, 0.5) is 0 Å². The number of rotatable bonds is 3. The van der Waals surface area contributed by atoms with Crippen LogP contribution >= 0.6 is 11.6 Å². The second kappa shape index (κ2) is 5.74. The minimum atomic E-state index is 0.627. The zero-order valence-electron chi connectivity index (χ0n) is 12.1. The summed E-state index contributed by atoms with van der Waals surface area (Å²) in [4.78, 5) is 4.62. The van der Waals surface area contributed by atoms with Crippen LogP contribution in [0.2, 0.25) is 5.02 Å². The van der Waals surface area contributed by atoms with Crippen LogP contribution in [0.3, 0.4) is 0 Å². The summed E-state index contributed by atoms with van der Waals surface area (Å²) in [5.41, 5.74) is 2.04. The molecule has 2 unspecified atom stereocenters. The van der Waals surface area contributed by atoms with E-state index in [2.05, 4.69) is 30.3 Å². The Bertz CT molecular complexity index is 582. The molecule has 0 bridgehead atoms. The number of halogens is 1. The zero-order valence-corrected chi connectivity index (χ0v) is 12.9. The van der Waals surface area contributed by atoms with Gasteiger partial charge in [-0.05, 0) is 43.2 Å². The fourth-order valence-corrected chi connectivity index (χ4v) is 3.63. The first-order valence-corrected chi connectivity index (χ1v) is 7.84. The van der Waals surface area contributed by atoms with Crippen LogP contribution in [0.25, 0.3) is 5.65 Å². The zero-order chi connectivity index (χ0) is 14.1. The highest BCUT2D eigenvalue weighted by molar-refractivity contribution is 6.30. The van der Waals surface area contributed by atoms with Gasteiger partial charge in [-0.25, -0.2) is 4.98 Å². The van der Waals surface area contributed by atoms with E-state index in [0.29, 0.717) is 6.04 Å². The molecule has 0 aliphatic heterocycles. The third-order valence-electron chi connectivity index (χ3n) is 4.22. The van der Waals surface area contributed by atoms with Gasteiger partial charge in [0.2, 0.25) is 0 Å². The average Bonchev–Trinajstić information content (AvgIpc) is 2.77. The standard InChI is InChI=1S/C16H22ClN3/c1-11-5-12(2)7-14(6-11)18-8-15-10-20-9-13(17)3-4-16(20)19-15/h3-4,9-12,14,18H,5-8H2,1-2H3. The second-order valence-electron chi connectivity index (χ2n) is 6.34. The first-order valence-electron chi connectivity index (χ1n) is 7.46. The fraction of sp³-hybridized carbons (Fsp3) is 0.562. The van der Waals surface area contributed by atoms with Crippen molar-refractivity contribution >= 4 is 17.2 Å². The third-order valence-corrected chi connectivity index (χ3v) is 4.44. The first kappa shape index (κ1) is 13.9. The highest BCUT2D eigenvalue weighted by Crippen LogP contribution is 2.28. The molecular weight excluding hydrogens is 270 g/mol. The van der Waals surface area contributed by atoms with Crippen LogP contribution in [-0.4, -0.2) is 15.4 Å². The van der Waals surface area contributed by atoms with Gasteiger partial charge in [-0.3, -0.25) is 0 Å². The number of hydrogen-bond donors (Lipinski definition) is 1. The number of hydrogen-bond acceptors (Lipinski definition) is 2. The fourth-order valence-electron chi connectivity index (χ4n) is 3.46. The topological polar surface area (TPSA) is 29.3 Å². The van der Waals surface area contributed by atoms with Crippen LogP contribution in [0.5, 0.6) is 0 Å². The summed E-state index contributed by atoms with van der Waals surface area (Å²) >= 11 is 5.99. The van der Waals surface area contributed by atoms with E-state index in [-0.39, 0.29) is 0 Å². The van der Waals surface area contributed by atoms with Gasteiger partial charge in [-0.15, -0.1) is 0 Å². The van der Waals surface area contributed by atoms with E-state index >= 15 is 0 Å². The number of fused-ring (bicyclic) bond motifs is 1. The molecule has 0 spiro atoms. The second-order valence-corrected chi connectivity index (χ2v) is 6.78. The van der Waals surface area contributed by atoms with Crippen LogP contribution in [0.1, 0.15) is 38.8 Å². The van der Waals surface area contributed by atoms with E-state index in [9.17, 15) is 0 Å². The minimum absolute atomic E-state index is 0.627. The molecule has 2 heterocycles. The maximum atomic E-state index is 5.99. The molecule has 3 rings (SSSR count). The predicted octanol–water partition coefficient (Wildman–Crippen LogP) is 3.90. The van der Waals surface area contributed by atoms with Gasteiger partial charge in [0.25, 0.3) is 0 Å². The van der Waals surface area contributed by atoms with E-state index in [1.54, 1.807) is 0 Å². The molecule has 0 radical (unpaired) electrons. The lowest BCUT2D eigenvalue weighted by Gasteiger charge is -2.31. The molecule has 108 valence electrons. The number of nitrogens with zero attached hydrogens (tertiary/aromatic N) is 2. The Hall–Kier alpha value is -1.06. The molecule has 1 fully saturated rings. The molecule has 1 aliphatic rings. The van der Waals surface area contributed by atoms with Gasteiger partial charge in [0.05, 0.1) is 10.7 Å². The molecule has 3 nitrogen and oxygen atoms in total. The summed E-state index contributed by atoms with van der Waals surface area (Å²) < 4.78 is 1.99. The number of pyridine rings is 1. The minimum Gasteiger partial charge on any atom is -0.308 e. The van der Waals surface area contributed by atoms with Crippen molar-refractivity contribution in [2.45, 2.75) is 45.7 Å². The molecular formula is C16H22ClN3. The van der Waals surface area contributed by atoms with Crippen molar-refractivity contribution in [2.75, 3.05) is 0 Å². The largest absolute Gasteiger partial charge is 0.308 e. The number of nitrogens with one attached hydrogen (secondary N) is 1. The van der Waals surface area contributed by atoms with Gasteiger partial charge < -0.3 is 9.72 Å². The van der Waals surface area contributed by atoms with Gasteiger partial charge in [-0.1, -0.05) is 25.4 Å². The summed E-state index contributed by atoms with van der Waals surface area (Å²) in [5, 5.41) is 4.41. The third kappa shape index (κ3) is 3.15. The van der Waals surface area contributed by atoms with Crippen molar-refractivity contribution in [3.8, 4) is 0 Å². The molecule has 0 amide bonds. The molecule has 4 heteroatoms. The van der Waals surface area contributed by atoms with Crippen molar-refractivity contribution in [2.24, 2.45) is 11.8 Å². The van der Waals surface area contributed by atoms with Crippen molar-refractivity contribution in [3.63, 3.8) is 0 Å². The maximum Gasteiger partial charge on any atom is 0.137 e. The van der Waals surface area contributed by atoms with Crippen molar-refractivity contribution < 1.29 is 0 Å². The predicted molar refractivity (Wildman–Crippen MR) is 83.0 cm³/mol. The average molecular weight is 292 g/mol. The summed E-state index contributed by atoms with van der Waals surface area (Å²) in [6, 6.07) is 4.46. The Labute approximate surface area is 125 Å². The highest BCUT2D eigenvalue weighted by Gasteiger charge is 2.23. The molecule has 1 N–H and O–H groups in total. The summed E-state index contributed by atoms with van der Waals surface area (Å²) in [5.74, 6) is 1.66. The summed E-state index contributed by atoms with van der Waals surface area (Å²) in [7, 11) is 0. The quantitative estimate of drug-likeness (QED) is 0.929. The van der Waals surface area contributed by atoms with Gasteiger partial charge >= 0.3 is 0 Å². The van der Waals surface area contributed by atoms with Gasteiger partial charge in [-0.2, -0.15) is 0 Å². The lowest BCUT2D eigenvalue weighted by molar-refractivity contribution is 0.238. The van der Waals surface area contributed by atoms with E-state index in [1.807, 2.05) is 22.7 Å². The Kier molecular flexibility index (Phi) is 3.99. The summed E-state index contributed by atoms with van der Waals surface area (Å²) in [6.45, 7) is 5.55.